The summed E-state index contributed by atoms with van der Waals surface area (Å²) in [5, 5.41) is 17.6. The molecule has 2 aromatic carbocycles. The number of nitrogens with one attached hydrogen (secondary N) is 1. The molecule has 1 N–H and O–H groups in total. The molecule has 0 saturated heterocycles. The lowest BCUT2D eigenvalue weighted by atomic mass is 10.1. The van der Waals surface area contributed by atoms with Crippen LogP contribution in [0.5, 0.6) is 5.75 Å². The van der Waals surface area contributed by atoms with Crippen LogP contribution in [0, 0.1) is 20.8 Å². The molecule has 2 heterocycles. The number of anilines is 1. The maximum Gasteiger partial charge on any atom is 0.262 e. The van der Waals surface area contributed by atoms with Crippen LogP contribution in [0.1, 0.15) is 29.4 Å². The van der Waals surface area contributed by atoms with E-state index in [0.29, 0.717) is 21.8 Å². The third kappa shape index (κ3) is 4.53. The summed E-state index contributed by atoms with van der Waals surface area (Å²) in [5.41, 5.74) is 3.72. The van der Waals surface area contributed by atoms with Crippen molar-refractivity contribution >= 4 is 62.7 Å². The third-order valence-corrected chi connectivity index (χ3v) is 7.62. The van der Waals surface area contributed by atoms with E-state index in [9.17, 15) is 4.79 Å². The van der Waals surface area contributed by atoms with Gasteiger partial charge in [-0.1, -0.05) is 65.2 Å². The highest BCUT2D eigenvalue weighted by molar-refractivity contribution is 7.19. The number of nitrogens with zero attached hydrogens (tertiary/aromatic N) is 4. The summed E-state index contributed by atoms with van der Waals surface area (Å²) >= 11 is 20.3. The highest BCUT2D eigenvalue weighted by Gasteiger charge is 2.19. The van der Waals surface area contributed by atoms with E-state index in [1.165, 1.54) is 11.3 Å². The fraction of sp³-hybridized carbons (Fsp3) is 0.273. The van der Waals surface area contributed by atoms with Gasteiger partial charge in [0.25, 0.3) is 5.91 Å². The van der Waals surface area contributed by atoms with E-state index < -0.39 is 0 Å². The number of carbonyl (C=O) groups excluding carboxylic acids is 1. The van der Waals surface area contributed by atoms with Crippen molar-refractivity contribution in [2.75, 3.05) is 11.9 Å². The van der Waals surface area contributed by atoms with Crippen molar-refractivity contribution in [2.24, 2.45) is 0 Å². The molecular weight excluding hydrogens is 505 g/mol. The van der Waals surface area contributed by atoms with Crippen LogP contribution < -0.4 is 10.1 Å². The number of ether oxygens (including phenoxy) is 1. The van der Waals surface area contributed by atoms with Crippen molar-refractivity contribution in [1.82, 2.24) is 19.8 Å². The molecule has 4 rings (SSSR count). The Morgan fingerprint density at radius 1 is 1.09 bits per heavy atom. The van der Waals surface area contributed by atoms with Crippen LogP contribution in [0.25, 0.3) is 15.5 Å². The molecule has 4 aromatic rings. The van der Waals surface area contributed by atoms with E-state index in [0.717, 1.165) is 33.3 Å². The molecule has 0 bridgehead atoms. The van der Waals surface area contributed by atoms with Gasteiger partial charge in [0.15, 0.2) is 18.2 Å². The monoisotopic (exact) mass is 523 g/mol. The van der Waals surface area contributed by atoms with Gasteiger partial charge in [0, 0.05) is 22.7 Å². The number of halogens is 3. The Bertz CT molecular complexity index is 1350. The molecule has 0 atom stereocenters. The molecule has 11 heteroatoms. The predicted molar refractivity (Wildman–Crippen MR) is 133 cm³/mol. The quantitative estimate of drug-likeness (QED) is 0.319. The van der Waals surface area contributed by atoms with Gasteiger partial charge in [0.05, 0.1) is 10.0 Å². The Kier molecular flexibility index (Phi) is 6.81. The standard InChI is InChI=1S/C22H20Cl3N5O2S/c1-5-15-27-28-22-30(15)29-21(33-22)13-7-6-10(2)14(8-13)26-16(31)9-32-20-18(24)11(3)17(23)12(4)19(20)25/h6-8H,5,9H2,1-4H3,(H,26,31). The third-order valence-electron chi connectivity index (χ3n) is 5.19. The molecule has 0 fully saturated rings. The molecule has 1 amide bonds. The lowest BCUT2D eigenvalue weighted by Crippen LogP contribution is -2.21. The first kappa shape index (κ1) is 23.8. The zero-order chi connectivity index (χ0) is 23.9. The SMILES string of the molecule is CCc1nnc2sc(-c3ccc(C)c(NC(=O)COc4c(Cl)c(C)c(Cl)c(C)c4Cl)c3)nn12. The average molecular weight is 525 g/mol. The minimum Gasteiger partial charge on any atom is -0.481 e. The fourth-order valence-electron chi connectivity index (χ4n) is 3.25. The van der Waals surface area contributed by atoms with Gasteiger partial charge in [-0.05, 0) is 43.5 Å². The molecule has 172 valence electrons. The van der Waals surface area contributed by atoms with Gasteiger partial charge in [0.2, 0.25) is 4.96 Å². The van der Waals surface area contributed by atoms with Crippen molar-refractivity contribution < 1.29 is 9.53 Å². The van der Waals surface area contributed by atoms with E-state index in [-0.39, 0.29) is 28.3 Å². The smallest absolute Gasteiger partial charge is 0.262 e. The van der Waals surface area contributed by atoms with E-state index in [2.05, 4.69) is 20.6 Å². The van der Waals surface area contributed by atoms with E-state index >= 15 is 0 Å². The molecular formula is C22H20Cl3N5O2S. The first-order valence-corrected chi connectivity index (χ1v) is 12.0. The summed E-state index contributed by atoms with van der Waals surface area (Å²) in [6, 6.07) is 5.76. The van der Waals surface area contributed by atoms with Crippen LogP contribution >= 0.6 is 46.1 Å². The van der Waals surface area contributed by atoms with Crippen LogP contribution in [0.2, 0.25) is 15.1 Å². The first-order valence-electron chi connectivity index (χ1n) is 10.1. The first-order chi connectivity index (χ1) is 15.7. The lowest BCUT2D eigenvalue weighted by molar-refractivity contribution is -0.118. The molecule has 0 aliphatic heterocycles. The Morgan fingerprint density at radius 2 is 1.79 bits per heavy atom. The van der Waals surface area contributed by atoms with Crippen LogP contribution in [0.3, 0.4) is 0 Å². The minimum atomic E-state index is -0.348. The van der Waals surface area contributed by atoms with Gasteiger partial charge in [0.1, 0.15) is 5.01 Å². The van der Waals surface area contributed by atoms with Crippen LogP contribution in [0.15, 0.2) is 18.2 Å². The average Bonchev–Trinajstić information content (AvgIpc) is 3.38. The second-order valence-electron chi connectivity index (χ2n) is 7.46. The van der Waals surface area contributed by atoms with Crippen molar-refractivity contribution in [1.29, 1.82) is 0 Å². The molecule has 2 aromatic heterocycles. The van der Waals surface area contributed by atoms with Crippen LogP contribution in [-0.4, -0.2) is 32.3 Å². The minimum absolute atomic E-state index is 0.241. The van der Waals surface area contributed by atoms with Crippen LogP contribution in [0.4, 0.5) is 5.69 Å². The Balaban J connectivity index is 1.52. The highest BCUT2D eigenvalue weighted by Crippen LogP contribution is 2.42. The summed E-state index contributed by atoms with van der Waals surface area (Å²) in [4.78, 5) is 13.4. The number of hydrogen-bond donors (Lipinski definition) is 1. The molecule has 0 radical (unpaired) electrons. The molecule has 0 aliphatic carbocycles. The number of rotatable bonds is 6. The highest BCUT2D eigenvalue weighted by atomic mass is 35.5. The number of fused-ring (bicyclic) bond motifs is 1. The van der Waals surface area contributed by atoms with E-state index in [1.54, 1.807) is 18.4 Å². The second kappa shape index (κ2) is 9.46. The maximum absolute atomic E-state index is 12.6. The van der Waals surface area contributed by atoms with Crippen molar-refractivity contribution in [3.63, 3.8) is 0 Å². The van der Waals surface area contributed by atoms with E-state index in [1.807, 2.05) is 32.0 Å². The van der Waals surface area contributed by atoms with E-state index in [4.69, 9.17) is 39.5 Å². The second-order valence-corrected chi connectivity index (χ2v) is 9.55. The van der Waals surface area contributed by atoms with Gasteiger partial charge in [-0.15, -0.1) is 10.2 Å². The number of amides is 1. The van der Waals surface area contributed by atoms with Crippen molar-refractivity contribution in [3.8, 4) is 16.3 Å². The van der Waals surface area contributed by atoms with Gasteiger partial charge in [-0.2, -0.15) is 9.61 Å². The van der Waals surface area contributed by atoms with Gasteiger partial charge in [-0.25, -0.2) is 0 Å². The maximum atomic E-state index is 12.6. The topological polar surface area (TPSA) is 81.4 Å². The zero-order valence-electron chi connectivity index (χ0n) is 18.3. The number of hydrogen-bond acceptors (Lipinski definition) is 6. The largest absolute Gasteiger partial charge is 0.481 e. The molecule has 7 nitrogen and oxygen atoms in total. The van der Waals surface area contributed by atoms with Gasteiger partial charge in [-0.3, -0.25) is 4.79 Å². The summed E-state index contributed by atoms with van der Waals surface area (Å²) in [5.74, 6) is 0.694. The summed E-state index contributed by atoms with van der Waals surface area (Å²) in [6.45, 7) is 7.19. The molecule has 0 spiro atoms. The molecule has 0 aliphatic rings. The van der Waals surface area contributed by atoms with Gasteiger partial charge < -0.3 is 10.1 Å². The Morgan fingerprint density at radius 3 is 2.45 bits per heavy atom. The molecule has 33 heavy (non-hydrogen) atoms. The number of carbonyl (C=O) groups is 1. The van der Waals surface area contributed by atoms with Crippen LogP contribution in [-0.2, 0) is 11.2 Å². The normalized spacial score (nSPS) is 11.2. The summed E-state index contributed by atoms with van der Waals surface area (Å²) < 4.78 is 7.41. The molecule has 0 unspecified atom stereocenters. The molecule has 0 saturated carbocycles. The Hall–Kier alpha value is -2.39. The summed E-state index contributed by atoms with van der Waals surface area (Å²) in [7, 11) is 0. The van der Waals surface area contributed by atoms with Crippen molar-refractivity contribution in [3.05, 3.63) is 55.8 Å². The lowest BCUT2D eigenvalue weighted by Gasteiger charge is -2.16. The number of aromatic nitrogens is 4. The van der Waals surface area contributed by atoms with Crippen molar-refractivity contribution in [2.45, 2.75) is 34.1 Å². The fourth-order valence-corrected chi connectivity index (χ4v) is 4.92. The number of benzene rings is 2. The predicted octanol–water partition coefficient (Wildman–Crippen LogP) is 6.32. The summed E-state index contributed by atoms with van der Waals surface area (Å²) in [6.07, 6.45) is 0.736. The Labute approximate surface area is 209 Å². The van der Waals surface area contributed by atoms with Gasteiger partial charge >= 0.3 is 0 Å². The number of aryl methyl sites for hydroxylation is 2. The zero-order valence-corrected chi connectivity index (χ0v) is 21.4.